The van der Waals surface area contributed by atoms with Gasteiger partial charge < -0.3 is 24.6 Å². The predicted octanol–water partition coefficient (Wildman–Crippen LogP) is 13.8. The van der Waals surface area contributed by atoms with Crippen molar-refractivity contribution in [1.82, 2.24) is 0 Å². The van der Waals surface area contributed by atoms with Crippen molar-refractivity contribution in [3.63, 3.8) is 0 Å². The Hall–Kier alpha value is -2.88. The molecular weight excluding hydrogens is 800 g/mol. The van der Waals surface area contributed by atoms with E-state index in [1.54, 1.807) is 0 Å². The summed E-state index contributed by atoms with van der Waals surface area (Å²) in [6.45, 7) is 3.19. The molecule has 0 saturated carbocycles. The van der Waals surface area contributed by atoms with Crippen LogP contribution in [-0.4, -0.2) is 66.3 Å². The quantitative estimate of drug-likeness (QED) is 0.0237. The highest BCUT2D eigenvalue weighted by Crippen LogP contribution is 2.43. The summed E-state index contributed by atoms with van der Waals surface area (Å²) in [5.74, 6) is -0.419. The van der Waals surface area contributed by atoms with E-state index >= 15 is 0 Å². The Morgan fingerprint density at radius 2 is 0.919 bits per heavy atom. The number of carbonyl (C=O) groups is 1. The summed E-state index contributed by atoms with van der Waals surface area (Å²) < 4.78 is 33.4. The van der Waals surface area contributed by atoms with Crippen molar-refractivity contribution in [3.05, 3.63) is 109 Å². The second kappa shape index (κ2) is 47.6. The Morgan fingerprint density at radius 3 is 1.39 bits per heavy atom. The van der Waals surface area contributed by atoms with Crippen LogP contribution in [0.3, 0.4) is 0 Å². The Labute approximate surface area is 378 Å². The van der Waals surface area contributed by atoms with E-state index in [1.165, 1.54) is 38.5 Å². The summed E-state index contributed by atoms with van der Waals surface area (Å²) in [6.07, 6.45) is 62.0. The van der Waals surface area contributed by atoms with Crippen LogP contribution in [0.25, 0.3) is 0 Å². The van der Waals surface area contributed by atoms with Crippen LogP contribution in [0.15, 0.2) is 109 Å². The van der Waals surface area contributed by atoms with Crippen molar-refractivity contribution < 1.29 is 43.0 Å². The largest absolute Gasteiger partial charge is 0.472 e. The lowest BCUT2D eigenvalue weighted by Gasteiger charge is -2.20. The lowest BCUT2D eigenvalue weighted by molar-refractivity contribution is -0.154. The summed E-state index contributed by atoms with van der Waals surface area (Å²) >= 11 is 0. The highest BCUT2D eigenvalue weighted by molar-refractivity contribution is 7.47. The van der Waals surface area contributed by atoms with Gasteiger partial charge in [0, 0.05) is 13.0 Å². The first-order chi connectivity index (χ1) is 30.3. The molecule has 3 unspecified atom stereocenters. The van der Waals surface area contributed by atoms with Gasteiger partial charge in [-0.1, -0.05) is 175 Å². The Kier molecular flexibility index (Phi) is 45.4. The molecule has 62 heavy (non-hydrogen) atoms. The van der Waals surface area contributed by atoms with Crippen molar-refractivity contribution in [3.8, 4) is 0 Å². The Morgan fingerprint density at radius 1 is 0.516 bits per heavy atom. The number of aliphatic hydroxyl groups is 2. The normalized spacial score (nSPS) is 14.9. The van der Waals surface area contributed by atoms with Gasteiger partial charge in [-0.25, -0.2) is 4.57 Å². The fraction of sp³-hybridized carbons (Fsp3) is 0.635. The second-order valence-electron chi connectivity index (χ2n) is 15.4. The third-order valence-electron chi connectivity index (χ3n) is 9.44. The van der Waals surface area contributed by atoms with Crippen LogP contribution in [0, 0.1) is 0 Å². The molecule has 354 valence electrons. The minimum Gasteiger partial charge on any atom is -0.457 e. The maximum absolute atomic E-state index is 12.7. The summed E-state index contributed by atoms with van der Waals surface area (Å²) in [5, 5.41) is 18.4. The predicted molar refractivity (Wildman–Crippen MR) is 260 cm³/mol. The first-order valence-corrected chi connectivity index (χ1v) is 25.4. The number of phosphoric ester groups is 1. The third kappa shape index (κ3) is 46.6. The lowest BCUT2D eigenvalue weighted by Crippen LogP contribution is -2.29. The summed E-state index contributed by atoms with van der Waals surface area (Å²) in [4.78, 5) is 22.6. The average molecular weight is 887 g/mol. The topological polar surface area (TPSA) is 132 Å². The van der Waals surface area contributed by atoms with Crippen molar-refractivity contribution in [2.24, 2.45) is 0 Å². The van der Waals surface area contributed by atoms with E-state index in [0.717, 1.165) is 103 Å². The molecule has 10 heteroatoms. The van der Waals surface area contributed by atoms with Gasteiger partial charge in [0.15, 0.2) is 0 Å². The van der Waals surface area contributed by atoms with E-state index in [0.29, 0.717) is 13.0 Å². The van der Waals surface area contributed by atoms with Crippen LogP contribution < -0.4 is 0 Å². The van der Waals surface area contributed by atoms with Gasteiger partial charge in [-0.15, -0.1) is 0 Å². The first kappa shape index (κ1) is 59.1. The number of ether oxygens (including phenoxy) is 2. The molecule has 0 spiro atoms. The van der Waals surface area contributed by atoms with Gasteiger partial charge >= 0.3 is 13.8 Å². The van der Waals surface area contributed by atoms with Crippen LogP contribution in [0.4, 0.5) is 0 Å². The van der Waals surface area contributed by atoms with Crippen LogP contribution in [0.2, 0.25) is 0 Å². The van der Waals surface area contributed by atoms with E-state index in [2.05, 4.69) is 123 Å². The van der Waals surface area contributed by atoms with E-state index in [1.807, 2.05) is 0 Å². The molecule has 9 nitrogen and oxygen atoms in total. The van der Waals surface area contributed by atoms with Crippen LogP contribution >= 0.6 is 7.82 Å². The molecule has 0 heterocycles. The fourth-order valence-corrected chi connectivity index (χ4v) is 6.64. The van der Waals surface area contributed by atoms with Crippen LogP contribution in [0.1, 0.15) is 168 Å². The van der Waals surface area contributed by atoms with Crippen molar-refractivity contribution in [2.75, 3.05) is 33.0 Å². The Bertz CT molecular complexity index is 1330. The summed E-state index contributed by atoms with van der Waals surface area (Å²) in [6, 6.07) is 0. The number of hydrogen-bond donors (Lipinski definition) is 3. The molecule has 3 atom stereocenters. The number of carbonyl (C=O) groups excluding carboxylic acids is 1. The smallest absolute Gasteiger partial charge is 0.457 e. The minimum atomic E-state index is -4.55. The average Bonchev–Trinajstić information content (AvgIpc) is 3.26. The molecule has 0 aliphatic carbocycles. The van der Waals surface area contributed by atoms with Crippen molar-refractivity contribution in [1.29, 1.82) is 0 Å². The van der Waals surface area contributed by atoms with E-state index in [9.17, 15) is 19.4 Å². The molecule has 0 radical (unpaired) electrons. The number of hydrogen-bond acceptors (Lipinski definition) is 8. The zero-order valence-electron chi connectivity index (χ0n) is 38.8. The number of phosphoric acid groups is 1. The van der Waals surface area contributed by atoms with Gasteiger partial charge in [0.25, 0.3) is 0 Å². The molecular formula is C52H87O9P. The maximum atomic E-state index is 12.7. The van der Waals surface area contributed by atoms with Gasteiger partial charge in [-0.3, -0.25) is 13.8 Å². The SMILES string of the molecule is CC/C=C\C/C=C\C/C=C\C/C=C\C/C=C\C/C=C\CCCOCC(COP(=O)(O)OCC(O)CO)OC(=O)CCCCCCCC/C=C\C/C=C\C/C=C\CCCCCCC. The van der Waals surface area contributed by atoms with Gasteiger partial charge in [0.1, 0.15) is 12.2 Å². The number of esters is 1. The molecule has 0 aliphatic rings. The minimum absolute atomic E-state index is 0.00383. The van der Waals surface area contributed by atoms with E-state index in [4.69, 9.17) is 23.6 Å². The number of rotatable bonds is 44. The van der Waals surface area contributed by atoms with E-state index < -0.39 is 45.8 Å². The Balaban J connectivity index is 4.29. The molecule has 0 aromatic heterocycles. The van der Waals surface area contributed by atoms with Crippen molar-refractivity contribution >= 4 is 13.8 Å². The lowest BCUT2D eigenvalue weighted by atomic mass is 10.1. The number of allylic oxidation sites excluding steroid dienone is 18. The summed E-state index contributed by atoms with van der Waals surface area (Å²) in [7, 11) is -4.55. The molecule has 0 saturated heterocycles. The molecule has 0 fully saturated rings. The monoisotopic (exact) mass is 887 g/mol. The van der Waals surface area contributed by atoms with Gasteiger partial charge in [0.05, 0.1) is 26.4 Å². The molecule has 0 aromatic rings. The van der Waals surface area contributed by atoms with Crippen molar-refractivity contribution in [2.45, 2.75) is 180 Å². The third-order valence-corrected chi connectivity index (χ3v) is 10.4. The standard InChI is InChI=1S/C52H87O9P/c1-3-5-7-9-11-13-15-17-19-21-23-25-26-28-30-32-34-36-38-40-42-44-52(55)61-51(49-60-62(56,57)59-47-50(54)46-53)48-58-45-43-41-39-37-35-33-31-29-27-24-22-20-18-16-14-12-10-8-6-4-2/h6,8,12,14-15,17-18,20-21,23-24,26-28,31,33,37,39,50-51,53-54H,3-5,7,9-11,13,16,19,22,25,29-30,32,34-36,38,40-49H2,1-2H3,(H,56,57)/b8-6-,14-12-,17-15-,20-18-,23-21-,27-24-,28-26-,33-31-,39-37-. The first-order valence-electron chi connectivity index (χ1n) is 23.9. The van der Waals surface area contributed by atoms with Gasteiger partial charge in [-0.05, 0) is 96.3 Å². The number of aliphatic hydroxyl groups excluding tert-OH is 2. The fourth-order valence-electron chi connectivity index (χ4n) is 5.85. The molecule has 0 aromatic carbocycles. The number of unbranched alkanes of at least 4 members (excludes halogenated alkanes) is 12. The van der Waals surface area contributed by atoms with Gasteiger partial charge in [-0.2, -0.15) is 0 Å². The molecule has 0 amide bonds. The second-order valence-corrected chi connectivity index (χ2v) is 16.8. The van der Waals surface area contributed by atoms with Crippen LogP contribution in [0.5, 0.6) is 0 Å². The van der Waals surface area contributed by atoms with Gasteiger partial charge in [0.2, 0.25) is 0 Å². The maximum Gasteiger partial charge on any atom is 0.472 e. The highest BCUT2D eigenvalue weighted by Gasteiger charge is 2.26. The zero-order chi connectivity index (χ0) is 45.3. The zero-order valence-corrected chi connectivity index (χ0v) is 39.7. The molecule has 3 N–H and O–H groups in total. The van der Waals surface area contributed by atoms with E-state index in [-0.39, 0.29) is 13.0 Å². The molecule has 0 bridgehead atoms. The van der Waals surface area contributed by atoms with Crippen LogP contribution in [-0.2, 0) is 27.9 Å². The highest BCUT2D eigenvalue weighted by atomic mass is 31.2. The summed E-state index contributed by atoms with van der Waals surface area (Å²) in [5.41, 5.74) is 0. The molecule has 0 rings (SSSR count). The molecule has 0 aliphatic heterocycles.